The van der Waals surface area contributed by atoms with E-state index in [0.717, 1.165) is 18.2 Å². The number of carbonyl (C=O) groups is 1. The van der Waals surface area contributed by atoms with Crippen molar-refractivity contribution in [3.63, 3.8) is 0 Å². The summed E-state index contributed by atoms with van der Waals surface area (Å²) in [5.74, 6) is -2.76. The van der Waals surface area contributed by atoms with E-state index in [1.54, 1.807) is 4.72 Å². The van der Waals surface area contributed by atoms with Gasteiger partial charge in [-0.1, -0.05) is 11.6 Å². The average Bonchev–Trinajstić information content (AvgIpc) is 2.47. The van der Waals surface area contributed by atoms with E-state index in [2.05, 4.69) is 0 Å². The molecule has 5 nitrogen and oxygen atoms in total. The first kappa shape index (κ1) is 19.0. The lowest BCUT2D eigenvalue weighted by Gasteiger charge is -2.13. The molecule has 0 atom stereocenters. The summed E-state index contributed by atoms with van der Waals surface area (Å²) < 4.78 is 78.3. The molecule has 0 aromatic heterocycles. The van der Waals surface area contributed by atoms with Gasteiger partial charge in [0.1, 0.15) is 10.7 Å². The summed E-state index contributed by atoms with van der Waals surface area (Å²) in [5.41, 5.74) is -2.31. The zero-order valence-electron chi connectivity index (χ0n) is 11.9. The molecule has 0 aliphatic rings. The van der Waals surface area contributed by atoms with Gasteiger partial charge in [-0.25, -0.2) is 17.6 Å². The quantitative estimate of drug-likeness (QED) is 0.764. The van der Waals surface area contributed by atoms with Crippen molar-refractivity contribution in [3.8, 4) is 0 Å². The molecule has 0 saturated heterocycles. The van der Waals surface area contributed by atoms with Crippen LogP contribution in [0.2, 0.25) is 5.02 Å². The van der Waals surface area contributed by atoms with Gasteiger partial charge >= 0.3 is 12.1 Å². The highest BCUT2D eigenvalue weighted by molar-refractivity contribution is 7.92. The Morgan fingerprint density at radius 2 is 1.76 bits per heavy atom. The highest BCUT2D eigenvalue weighted by atomic mass is 35.5. The fourth-order valence-corrected chi connectivity index (χ4v) is 3.24. The third kappa shape index (κ3) is 4.20. The van der Waals surface area contributed by atoms with Gasteiger partial charge in [-0.05, 0) is 36.4 Å². The second-order valence-electron chi connectivity index (χ2n) is 4.75. The van der Waals surface area contributed by atoms with Crippen LogP contribution >= 0.6 is 11.6 Å². The lowest BCUT2D eigenvalue weighted by molar-refractivity contribution is -0.137. The Balaban J connectivity index is 2.47. The molecule has 25 heavy (non-hydrogen) atoms. The van der Waals surface area contributed by atoms with E-state index in [-0.39, 0.29) is 0 Å². The number of aromatic carboxylic acids is 1. The first-order valence-corrected chi connectivity index (χ1v) is 8.20. The number of sulfonamides is 1. The van der Waals surface area contributed by atoms with Crippen LogP contribution in [0.5, 0.6) is 0 Å². The Morgan fingerprint density at radius 3 is 2.32 bits per heavy atom. The molecule has 2 N–H and O–H groups in total. The van der Waals surface area contributed by atoms with Gasteiger partial charge in [0.2, 0.25) is 0 Å². The molecule has 2 rings (SSSR count). The summed E-state index contributed by atoms with van der Waals surface area (Å²) in [6.07, 6.45) is -4.83. The van der Waals surface area contributed by atoms with Gasteiger partial charge < -0.3 is 5.11 Å². The summed E-state index contributed by atoms with van der Waals surface area (Å²) >= 11 is 5.43. The Hall–Kier alpha value is -2.33. The van der Waals surface area contributed by atoms with E-state index >= 15 is 0 Å². The topological polar surface area (TPSA) is 83.5 Å². The van der Waals surface area contributed by atoms with Crippen LogP contribution in [0.4, 0.5) is 23.2 Å². The molecule has 0 bridgehead atoms. The van der Waals surface area contributed by atoms with Crippen molar-refractivity contribution in [2.75, 3.05) is 4.72 Å². The van der Waals surface area contributed by atoms with E-state index in [1.807, 2.05) is 0 Å². The fraction of sp³-hybridized carbons (Fsp3) is 0.0714. The number of hydrogen-bond donors (Lipinski definition) is 2. The molecular weight excluding hydrogens is 390 g/mol. The van der Waals surface area contributed by atoms with Crippen molar-refractivity contribution >= 4 is 33.3 Å². The zero-order chi connectivity index (χ0) is 19.0. The van der Waals surface area contributed by atoms with Crippen LogP contribution in [0, 0.1) is 5.82 Å². The first-order chi connectivity index (χ1) is 11.4. The van der Waals surface area contributed by atoms with Gasteiger partial charge in [-0.3, -0.25) is 4.72 Å². The number of benzene rings is 2. The summed E-state index contributed by atoms with van der Waals surface area (Å²) in [6, 6.07) is 4.25. The summed E-state index contributed by atoms with van der Waals surface area (Å²) in [4.78, 5) is 9.85. The molecular formula is C14H8ClF4NO4S. The Bertz CT molecular complexity index is 944. The standard InChI is InChI=1S/C14H8ClF4NO4S/c15-10-3-2-8(6-9(10)14(17,18)19)20-25(23,24)12-5-7(13(21)22)1-4-11(12)16/h1-6,20H,(H,21,22). The number of carboxylic acid groups (broad SMARTS) is 1. The van der Waals surface area contributed by atoms with Crippen molar-refractivity contribution in [3.05, 3.63) is 58.4 Å². The van der Waals surface area contributed by atoms with E-state index in [1.165, 1.54) is 0 Å². The minimum atomic E-state index is -4.83. The lowest BCUT2D eigenvalue weighted by Crippen LogP contribution is -2.16. The Kier molecular flexibility index (Phi) is 4.96. The van der Waals surface area contributed by atoms with Gasteiger partial charge in [-0.2, -0.15) is 13.2 Å². The minimum absolute atomic E-state index is 0.443. The predicted octanol–water partition coefficient (Wildman–Crippen LogP) is 4.00. The van der Waals surface area contributed by atoms with Crippen LogP contribution in [0.3, 0.4) is 0 Å². The number of hydrogen-bond acceptors (Lipinski definition) is 3. The molecule has 0 spiro atoms. The maximum absolute atomic E-state index is 13.8. The van der Waals surface area contributed by atoms with Crippen LogP contribution in [-0.2, 0) is 16.2 Å². The molecule has 0 fully saturated rings. The third-order valence-electron chi connectivity index (χ3n) is 2.99. The average molecular weight is 398 g/mol. The molecule has 2 aromatic rings. The lowest BCUT2D eigenvalue weighted by atomic mass is 10.2. The van der Waals surface area contributed by atoms with Crippen molar-refractivity contribution in [2.24, 2.45) is 0 Å². The number of rotatable bonds is 4. The smallest absolute Gasteiger partial charge is 0.417 e. The third-order valence-corrected chi connectivity index (χ3v) is 4.72. The number of alkyl halides is 3. The van der Waals surface area contributed by atoms with E-state index in [9.17, 15) is 30.8 Å². The van der Waals surface area contributed by atoms with Gasteiger partial charge in [0.15, 0.2) is 0 Å². The molecule has 134 valence electrons. The van der Waals surface area contributed by atoms with Crippen molar-refractivity contribution in [1.82, 2.24) is 0 Å². The fourth-order valence-electron chi connectivity index (χ4n) is 1.86. The van der Waals surface area contributed by atoms with Crippen molar-refractivity contribution in [2.45, 2.75) is 11.1 Å². The van der Waals surface area contributed by atoms with Crippen LogP contribution in [0.15, 0.2) is 41.3 Å². The Labute approximate surface area is 143 Å². The maximum Gasteiger partial charge on any atom is 0.417 e. The molecule has 0 amide bonds. The second kappa shape index (κ2) is 6.52. The van der Waals surface area contributed by atoms with E-state index in [4.69, 9.17) is 16.7 Å². The minimum Gasteiger partial charge on any atom is -0.478 e. The van der Waals surface area contributed by atoms with Gasteiger partial charge in [0, 0.05) is 5.69 Å². The monoisotopic (exact) mass is 397 g/mol. The summed E-state index contributed by atoms with van der Waals surface area (Å²) in [5, 5.41) is 8.19. The van der Waals surface area contributed by atoms with Crippen molar-refractivity contribution < 1.29 is 35.9 Å². The second-order valence-corrected chi connectivity index (χ2v) is 6.81. The number of halogens is 5. The number of anilines is 1. The van der Waals surface area contributed by atoms with E-state index < -0.39 is 54.7 Å². The zero-order valence-corrected chi connectivity index (χ0v) is 13.5. The molecule has 0 saturated carbocycles. The molecule has 0 radical (unpaired) electrons. The predicted molar refractivity (Wildman–Crippen MR) is 80.6 cm³/mol. The van der Waals surface area contributed by atoms with Gasteiger partial charge in [0.25, 0.3) is 10.0 Å². The van der Waals surface area contributed by atoms with Crippen LogP contribution in [-0.4, -0.2) is 19.5 Å². The van der Waals surface area contributed by atoms with Gasteiger partial charge in [-0.15, -0.1) is 0 Å². The van der Waals surface area contributed by atoms with Crippen LogP contribution < -0.4 is 4.72 Å². The highest BCUT2D eigenvalue weighted by Gasteiger charge is 2.34. The first-order valence-electron chi connectivity index (χ1n) is 6.34. The normalized spacial score (nSPS) is 12.0. The molecule has 0 heterocycles. The molecule has 0 unspecified atom stereocenters. The summed E-state index contributed by atoms with van der Waals surface area (Å²) in [6.45, 7) is 0. The van der Waals surface area contributed by atoms with E-state index in [0.29, 0.717) is 18.2 Å². The number of nitrogens with one attached hydrogen (secondary N) is 1. The summed E-state index contributed by atoms with van der Waals surface area (Å²) in [7, 11) is -4.67. The molecule has 11 heteroatoms. The van der Waals surface area contributed by atoms with Crippen molar-refractivity contribution in [1.29, 1.82) is 0 Å². The molecule has 2 aromatic carbocycles. The largest absolute Gasteiger partial charge is 0.478 e. The SMILES string of the molecule is O=C(O)c1ccc(F)c(S(=O)(=O)Nc2ccc(Cl)c(C(F)(F)F)c2)c1. The Morgan fingerprint density at radius 1 is 1.12 bits per heavy atom. The molecule has 0 aliphatic heterocycles. The molecule has 0 aliphatic carbocycles. The van der Waals surface area contributed by atoms with Gasteiger partial charge in [0.05, 0.1) is 16.1 Å². The van der Waals surface area contributed by atoms with Crippen LogP contribution in [0.1, 0.15) is 15.9 Å². The maximum atomic E-state index is 13.8. The number of carboxylic acids is 1. The van der Waals surface area contributed by atoms with Crippen LogP contribution in [0.25, 0.3) is 0 Å². The highest BCUT2D eigenvalue weighted by Crippen LogP contribution is 2.36.